The van der Waals surface area contributed by atoms with E-state index in [0.717, 1.165) is 10.0 Å². The van der Waals surface area contributed by atoms with Crippen molar-refractivity contribution in [2.75, 3.05) is 0 Å². The number of rotatable bonds is 4. The zero-order valence-corrected chi connectivity index (χ0v) is 11.6. The Balaban J connectivity index is 2.07. The van der Waals surface area contributed by atoms with Gasteiger partial charge in [-0.05, 0) is 39.7 Å². The molecule has 0 atom stereocenters. The number of Topliss-reactive ketones (excluding diaryl/α,β-unsaturated/α-hetero) is 1. The lowest BCUT2D eigenvalue weighted by Crippen LogP contribution is -2.23. The predicted octanol–water partition coefficient (Wildman–Crippen LogP) is 2.56. The quantitative estimate of drug-likeness (QED) is 0.867. The number of nitrogens with zero attached hydrogens (tertiary/aromatic N) is 1. The van der Waals surface area contributed by atoms with E-state index < -0.39 is 0 Å². The number of hydrogen-bond acceptors (Lipinski definition) is 2. The Bertz CT molecular complexity index is 649. The number of ketones is 1. The molecule has 5 heteroatoms. The molecule has 1 aromatic carbocycles. The minimum absolute atomic E-state index is 0.00957. The molecule has 0 aliphatic rings. The van der Waals surface area contributed by atoms with Gasteiger partial charge in [-0.1, -0.05) is 12.1 Å². The highest BCUT2D eigenvalue weighted by Crippen LogP contribution is 2.07. The highest BCUT2D eigenvalue weighted by molar-refractivity contribution is 9.10. The Hall–Kier alpha value is -1.75. The molecule has 0 aliphatic heterocycles. The summed E-state index contributed by atoms with van der Waals surface area (Å²) in [5.41, 5.74) is 0.505. The maximum atomic E-state index is 12.7. The maximum absolute atomic E-state index is 12.7. The molecular weight excluding hydrogens is 313 g/mol. The minimum atomic E-state index is -0.334. The molecular formula is C14H11BrFNO2. The van der Waals surface area contributed by atoms with Crippen molar-refractivity contribution in [2.45, 2.75) is 13.0 Å². The van der Waals surface area contributed by atoms with Crippen molar-refractivity contribution in [1.29, 1.82) is 0 Å². The zero-order chi connectivity index (χ0) is 13.8. The summed E-state index contributed by atoms with van der Waals surface area (Å²) in [6.45, 7) is 0.00957. The molecule has 19 heavy (non-hydrogen) atoms. The van der Waals surface area contributed by atoms with E-state index in [0.29, 0.717) is 0 Å². The molecule has 3 nitrogen and oxygen atoms in total. The second-order valence-electron chi connectivity index (χ2n) is 4.16. The molecule has 0 spiro atoms. The van der Waals surface area contributed by atoms with Gasteiger partial charge in [-0.3, -0.25) is 9.59 Å². The van der Waals surface area contributed by atoms with E-state index >= 15 is 0 Å². The molecule has 0 saturated carbocycles. The van der Waals surface area contributed by atoms with Crippen LogP contribution in [0.3, 0.4) is 0 Å². The average Bonchev–Trinajstić information content (AvgIpc) is 2.37. The van der Waals surface area contributed by atoms with E-state index in [4.69, 9.17) is 0 Å². The number of halogens is 2. The highest BCUT2D eigenvalue weighted by Gasteiger charge is 2.06. The van der Waals surface area contributed by atoms with Crippen LogP contribution >= 0.6 is 15.9 Å². The van der Waals surface area contributed by atoms with Crippen LogP contribution in [0, 0.1) is 5.82 Å². The van der Waals surface area contributed by atoms with E-state index in [2.05, 4.69) is 15.9 Å². The fraction of sp³-hybridized carbons (Fsp3) is 0.143. The van der Waals surface area contributed by atoms with Crippen molar-refractivity contribution in [3.8, 4) is 0 Å². The lowest BCUT2D eigenvalue weighted by atomic mass is 10.1. The lowest BCUT2D eigenvalue weighted by molar-refractivity contribution is -0.119. The molecule has 0 bridgehead atoms. The van der Waals surface area contributed by atoms with Crippen LogP contribution in [-0.4, -0.2) is 10.4 Å². The summed E-state index contributed by atoms with van der Waals surface area (Å²) in [5.74, 6) is -0.439. The van der Waals surface area contributed by atoms with Gasteiger partial charge in [0.25, 0.3) is 5.56 Å². The molecule has 0 fully saturated rings. The number of aromatic nitrogens is 1. The summed E-state index contributed by atoms with van der Waals surface area (Å²) in [6, 6.07) is 8.79. The first-order chi connectivity index (χ1) is 9.04. The summed E-state index contributed by atoms with van der Waals surface area (Å²) < 4.78 is 14.8. The van der Waals surface area contributed by atoms with Crippen molar-refractivity contribution in [3.63, 3.8) is 0 Å². The number of carbonyl (C=O) groups is 1. The largest absolute Gasteiger partial charge is 0.307 e. The first-order valence-electron chi connectivity index (χ1n) is 5.67. The second-order valence-corrected chi connectivity index (χ2v) is 5.07. The fourth-order valence-electron chi connectivity index (χ4n) is 1.70. The highest BCUT2D eigenvalue weighted by atomic mass is 79.9. The summed E-state index contributed by atoms with van der Waals surface area (Å²) in [5, 5.41) is 0. The van der Waals surface area contributed by atoms with Gasteiger partial charge < -0.3 is 4.57 Å². The number of benzene rings is 1. The van der Waals surface area contributed by atoms with Crippen LogP contribution < -0.4 is 5.56 Å². The topological polar surface area (TPSA) is 39.1 Å². The third kappa shape index (κ3) is 3.86. The van der Waals surface area contributed by atoms with Gasteiger partial charge in [-0.2, -0.15) is 0 Å². The summed E-state index contributed by atoms with van der Waals surface area (Å²) in [7, 11) is 0. The number of pyridine rings is 1. The van der Waals surface area contributed by atoms with Gasteiger partial charge in [0.05, 0.1) is 6.54 Å². The lowest BCUT2D eigenvalue weighted by Gasteiger charge is -2.05. The summed E-state index contributed by atoms with van der Waals surface area (Å²) in [6.07, 6.45) is 1.75. The van der Waals surface area contributed by atoms with Gasteiger partial charge in [0.2, 0.25) is 0 Å². The number of carbonyl (C=O) groups excluding carboxylic acids is 1. The Kier molecular flexibility index (Phi) is 4.27. The van der Waals surface area contributed by atoms with Crippen LogP contribution in [0.4, 0.5) is 4.39 Å². The van der Waals surface area contributed by atoms with Crippen molar-refractivity contribution >= 4 is 21.7 Å². The fourth-order valence-corrected chi connectivity index (χ4v) is 2.08. The normalized spacial score (nSPS) is 10.4. The van der Waals surface area contributed by atoms with Crippen LogP contribution in [0.25, 0.3) is 0 Å². The van der Waals surface area contributed by atoms with Gasteiger partial charge in [0.15, 0.2) is 5.78 Å². The molecule has 0 radical (unpaired) electrons. The van der Waals surface area contributed by atoms with Gasteiger partial charge in [0.1, 0.15) is 5.82 Å². The van der Waals surface area contributed by atoms with Gasteiger partial charge in [-0.15, -0.1) is 0 Å². The first kappa shape index (κ1) is 13.7. The maximum Gasteiger partial charge on any atom is 0.250 e. The Morgan fingerprint density at radius 3 is 2.53 bits per heavy atom. The molecule has 0 aliphatic carbocycles. The first-order valence-corrected chi connectivity index (χ1v) is 6.46. The summed E-state index contributed by atoms with van der Waals surface area (Å²) in [4.78, 5) is 23.4. The zero-order valence-electron chi connectivity index (χ0n) is 9.98. The van der Waals surface area contributed by atoms with E-state index in [-0.39, 0.29) is 30.1 Å². The van der Waals surface area contributed by atoms with Crippen molar-refractivity contribution in [1.82, 2.24) is 4.57 Å². The molecule has 0 unspecified atom stereocenters. The minimum Gasteiger partial charge on any atom is -0.307 e. The van der Waals surface area contributed by atoms with Crippen LogP contribution in [0.5, 0.6) is 0 Å². The van der Waals surface area contributed by atoms with Gasteiger partial charge in [0, 0.05) is 23.2 Å². The predicted molar refractivity (Wildman–Crippen MR) is 73.5 cm³/mol. The molecule has 0 saturated heterocycles. The molecule has 2 rings (SSSR count). The monoisotopic (exact) mass is 323 g/mol. The molecule has 1 heterocycles. The van der Waals surface area contributed by atoms with E-state index in [1.165, 1.54) is 22.8 Å². The standard InChI is InChI=1S/C14H11BrFNO2/c15-11-3-6-14(19)17(8-11)9-13(18)7-10-1-4-12(16)5-2-10/h1-6,8H,7,9H2. The third-order valence-corrected chi connectivity index (χ3v) is 3.08. The Morgan fingerprint density at radius 1 is 1.16 bits per heavy atom. The summed E-state index contributed by atoms with van der Waals surface area (Å²) >= 11 is 3.25. The molecule has 0 amide bonds. The van der Waals surface area contributed by atoms with E-state index in [1.54, 1.807) is 24.4 Å². The van der Waals surface area contributed by atoms with Gasteiger partial charge in [-0.25, -0.2) is 4.39 Å². The molecule has 98 valence electrons. The SMILES string of the molecule is O=C(Cc1ccc(F)cc1)Cn1cc(Br)ccc1=O. The van der Waals surface area contributed by atoms with Crippen molar-refractivity contribution in [3.05, 3.63) is 68.8 Å². The Labute approximate surface area is 117 Å². The molecule has 0 N–H and O–H groups in total. The van der Waals surface area contributed by atoms with Crippen LogP contribution in [-0.2, 0) is 17.8 Å². The average molecular weight is 324 g/mol. The van der Waals surface area contributed by atoms with Gasteiger partial charge >= 0.3 is 0 Å². The third-order valence-electron chi connectivity index (χ3n) is 2.61. The van der Waals surface area contributed by atoms with Crippen LogP contribution in [0.1, 0.15) is 5.56 Å². The van der Waals surface area contributed by atoms with E-state index in [1.807, 2.05) is 0 Å². The van der Waals surface area contributed by atoms with Crippen LogP contribution in [0.15, 0.2) is 51.9 Å². The van der Waals surface area contributed by atoms with E-state index in [9.17, 15) is 14.0 Å². The molecule has 1 aromatic heterocycles. The van der Waals surface area contributed by atoms with Crippen molar-refractivity contribution in [2.24, 2.45) is 0 Å². The molecule has 2 aromatic rings. The smallest absolute Gasteiger partial charge is 0.250 e. The van der Waals surface area contributed by atoms with Crippen LogP contribution in [0.2, 0.25) is 0 Å². The Morgan fingerprint density at radius 2 is 1.84 bits per heavy atom. The second kappa shape index (κ2) is 5.93. The van der Waals surface area contributed by atoms with Crippen molar-refractivity contribution < 1.29 is 9.18 Å². The number of hydrogen-bond donors (Lipinski definition) is 0.